The van der Waals surface area contributed by atoms with E-state index in [4.69, 9.17) is 4.74 Å². The fourth-order valence-electron chi connectivity index (χ4n) is 3.37. The largest absolute Gasteiger partial charge is 0.496 e. The average molecular weight is 404 g/mol. The predicted molar refractivity (Wildman–Crippen MR) is 112 cm³/mol. The molecule has 2 aromatic carbocycles. The highest BCUT2D eigenvalue weighted by Crippen LogP contribution is 2.39. The van der Waals surface area contributed by atoms with E-state index >= 15 is 0 Å². The van der Waals surface area contributed by atoms with Crippen LogP contribution in [0.2, 0.25) is 0 Å². The lowest BCUT2D eigenvalue weighted by Gasteiger charge is -2.37. The predicted octanol–water partition coefficient (Wildman–Crippen LogP) is 7.12. The number of hydrogen-bond acceptors (Lipinski definition) is 2. The van der Waals surface area contributed by atoms with Gasteiger partial charge >= 0.3 is 0 Å². The lowest BCUT2D eigenvalue weighted by Crippen LogP contribution is -2.33. The Hall–Kier alpha value is -1.48. The number of nitrogens with zero attached hydrogens (tertiary/aromatic N) is 1. The van der Waals surface area contributed by atoms with E-state index in [0.29, 0.717) is 0 Å². The first-order chi connectivity index (χ1) is 11.9. The van der Waals surface area contributed by atoms with E-state index in [2.05, 4.69) is 91.0 Å². The van der Waals surface area contributed by atoms with Crippen LogP contribution < -0.4 is 9.64 Å². The number of para-hydroxylation sites is 1. The highest BCUT2D eigenvalue weighted by molar-refractivity contribution is 9.10. The highest BCUT2D eigenvalue weighted by Gasteiger charge is 2.26. The molecule has 136 valence electrons. The molecule has 0 N–H and O–H groups in total. The van der Waals surface area contributed by atoms with Gasteiger partial charge in [-0.05, 0) is 70.9 Å². The van der Waals surface area contributed by atoms with Crippen LogP contribution in [0.4, 0.5) is 11.4 Å². The van der Waals surface area contributed by atoms with E-state index in [9.17, 15) is 0 Å². The molecule has 1 unspecified atom stereocenters. The average Bonchev–Trinajstić information content (AvgIpc) is 2.62. The molecule has 0 aliphatic heterocycles. The van der Waals surface area contributed by atoms with Crippen molar-refractivity contribution < 1.29 is 4.74 Å². The maximum atomic E-state index is 5.46. The Morgan fingerprint density at radius 1 is 1.12 bits per heavy atom. The second-order valence-electron chi connectivity index (χ2n) is 7.11. The first-order valence-electron chi connectivity index (χ1n) is 9.11. The molecule has 0 spiro atoms. The van der Waals surface area contributed by atoms with Gasteiger partial charge in [0.1, 0.15) is 5.75 Å². The number of rotatable bonds is 8. The van der Waals surface area contributed by atoms with Gasteiger partial charge in [-0.3, -0.25) is 0 Å². The molecule has 0 radical (unpaired) electrons. The number of methoxy groups -OCH3 is 1. The first-order valence-corrected chi connectivity index (χ1v) is 9.90. The van der Waals surface area contributed by atoms with Gasteiger partial charge in [-0.1, -0.05) is 45.4 Å². The number of hydrogen-bond donors (Lipinski definition) is 0. The molecule has 3 heteroatoms. The first kappa shape index (κ1) is 19.8. The van der Waals surface area contributed by atoms with E-state index in [-0.39, 0.29) is 5.41 Å². The van der Waals surface area contributed by atoms with E-state index in [1.54, 1.807) is 7.11 Å². The molecule has 0 heterocycles. The van der Waals surface area contributed by atoms with Gasteiger partial charge < -0.3 is 9.64 Å². The Morgan fingerprint density at radius 2 is 1.80 bits per heavy atom. The summed E-state index contributed by atoms with van der Waals surface area (Å²) in [6.07, 6.45) is 3.60. The zero-order valence-corrected chi connectivity index (χ0v) is 17.7. The van der Waals surface area contributed by atoms with Gasteiger partial charge in [0.15, 0.2) is 0 Å². The van der Waals surface area contributed by atoms with Crippen LogP contribution in [0.5, 0.6) is 5.75 Å². The Balaban J connectivity index is 2.51. The monoisotopic (exact) mass is 403 g/mol. The lowest BCUT2D eigenvalue weighted by molar-refractivity contribution is 0.292. The molecule has 0 saturated carbocycles. The van der Waals surface area contributed by atoms with E-state index in [1.807, 2.05) is 0 Å². The van der Waals surface area contributed by atoms with Crippen LogP contribution >= 0.6 is 15.9 Å². The zero-order valence-electron chi connectivity index (χ0n) is 16.1. The Morgan fingerprint density at radius 3 is 2.36 bits per heavy atom. The van der Waals surface area contributed by atoms with E-state index in [1.165, 1.54) is 36.2 Å². The van der Waals surface area contributed by atoms with Gasteiger partial charge in [-0.2, -0.15) is 0 Å². The molecular formula is C22H30BrNO. The summed E-state index contributed by atoms with van der Waals surface area (Å²) < 4.78 is 6.45. The van der Waals surface area contributed by atoms with Crippen LogP contribution in [0.1, 0.15) is 45.6 Å². The third kappa shape index (κ3) is 4.78. The minimum Gasteiger partial charge on any atom is -0.496 e. The maximum Gasteiger partial charge on any atom is 0.133 e. The number of aryl methyl sites for hydroxylation is 1. The standard InChI is InChI=1S/C22H30BrNO/c1-6-13-22(4,7-2)16-24(18-11-9-8-10-12-18)20-15-19(23)21(25-5)14-17(20)3/h8-12,14-15H,6-7,13,16H2,1-5H3. The third-order valence-corrected chi connectivity index (χ3v) is 5.70. The molecule has 2 rings (SSSR count). The summed E-state index contributed by atoms with van der Waals surface area (Å²) in [6.45, 7) is 10.1. The number of ether oxygens (including phenoxy) is 1. The van der Waals surface area contributed by atoms with Crippen molar-refractivity contribution in [2.24, 2.45) is 5.41 Å². The Kier molecular flexibility index (Phi) is 6.95. The summed E-state index contributed by atoms with van der Waals surface area (Å²) >= 11 is 3.66. The molecule has 0 amide bonds. The van der Waals surface area contributed by atoms with Crippen LogP contribution in [0.15, 0.2) is 46.9 Å². The Bertz CT molecular complexity index is 686. The fourth-order valence-corrected chi connectivity index (χ4v) is 3.86. The summed E-state index contributed by atoms with van der Waals surface area (Å²) in [5.41, 5.74) is 3.97. The molecule has 2 aromatic rings. The van der Waals surface area contributed by atoms with Crippen LogP contribution in [-0.2, 0) is 0 Å². The number of benzene rings is 2. The molecule has 0 saturated heterocycles. The van der Waals surface area contributed by atoms with Crippen molar-refractivity contribution in [2.45, 2.75) is 47.0 Å². The van der Waals surface area contributed by atoms with E-state index in [0.717, 1.165) is 16.8 Å². The molecule has 0 aromatic heterocycles. The molecule has 2 nitrogen and oxygen atoms in total. The highest BCUT2D eigenvalue weighted by atomic mass is 79.9. The van der Waals surface area contributed by atoms with Crippen LogP contribution in [-0.4, -0.2) is 13.7 Å². The molecule has 0 aliphatic rings. The van der Waals surface area contributed by atoms with Crippen molar-refractivity contribution >= 4 is 27.3 Å². The summed E-state index contributed by atoms with van der Waals surface area (Å²) in [5, 5.41) is 0. The lowest BCUT2D eigenvalue weighted by atomic mass is 9.82. The molecule has 0 bridgehead atoms. The topological polar surface area (TPSA) is 12.5 Å². The van der Waals surface area contributed by atoms with Crippen LogP contribution in [0, 0.1) is 12.3 Å². The van der Waals surface area contributed by atoms with Crippen molar-refractivity contribution in [2.75, 3.05) is 18.6 Å². The van der Waals surface area contributed by atoms with Gasteiger partial charge in [0.05, 0.1) is 11.6 Å². The molecule has 25 heavy (non-hydrogen) atoms. The molecular weight excluding hydrogens is 374 g/mol. The summed E-state index contributed by atoms with van der Waals surface area (Å²) in [5.74, 6) is 0.876. The minimum atomic E-state index is 0.281. The van der Waals surface area contributed by atoms with Crippen molar-refractivity contribution in [3.05, 3.63) is 52.5 Å². The second-order valence-corrected chi connectivity index (χ2v) is 7.96. The van der Waals surface area contributed by atoms with Gasteiger partial charge in [-0.25, -0.2) is 0 Å². The van der Waals surface area contributed by atoms with Crippen molar-refractivity contribution in [3.8, 4) is 5.75 Å². The summed E-state index contributed by atoms with van der Waals surface area (Å²) in [7, 11) is 1.71. The maximum absolute atomic E-state index is 5.46. The number of halogens is 1. The van der Waals surface area contributed by atoms with Crippen molar-refractivity contribution in [1.82, 2.24) is 0 Å². The van der Waals surface area contributed by atoms with Gasteiger partial charge in [0, 0.05) is 17.9 Å². The third-order valence-electron chi connectivity index (χ3n) is 5.08. The molecule has 1 atom stereocenters. The normalized spacial score (nSPS) is 13.4. The van der Waals surface area contributed by atoms with Crippen molar-refractivity contribution in [1.29, 1.82) is 0 Å². The van der Waals surface area contributed by atoms with Crippen molar-refractivity contribution in [3.63, 3.8) is 0 Å². The van der Waals surface area contributed by atoms with Gasteiger partial charge in [0.25, 0.3) is 0 Å². The Labute approximate surface area is 161 Å². The van der Waals surface area contributed by atoms with E-state index < -0.39 is 0 Å². The van der Waals surface area contributed by atoms with Gasteiger partial charge in [-0.15, -0.1) is 0 Å². The quantitative estimate of drug-likeness (QED) is 0.464. The zero-order chi connectivity index (χ0) is 18.4. The minimum absolute atomic E-state index is 0.281. The molecule has 0 fully saturated rings. The smallest absolute Gasteiger partial charge is 0.133 e. The van der Waals surface area contributed by atoms with Gasteiger partial charge in [0.2, 0.25) is 0 Å². The van der Waals surface area contributed by atoms with Crippen LogP contribution in [0.25, 0.3) is 0 Å². The summed E-state index contributed by atoms with van der Waals surface area (Å²) in [4.78, 5) is 2.46. The van der Waals surface area contributed by atoms with Crippen LogP contribution in [0.3, 0.4) is 0 Å². The molecule has 0 aliphatic carbocycles. The number of anilines is 2. The fraction of sp³-hybridized carbons (Fsp3) is 0.455. The SMILES string of the molecule is CCCC(C)(CC)CN(c1ccccc1)c1cc(Br)c(OC)cc1C. The second kappa shape index (κ2) is 8.75. The summed E-state index contributed by atoms with van der Waals surface area (Å²) in [6, 6.07) is 15.0.